The molecule has 0 saturated carbocycles. The average molecular weight is 340 g/mol. The Labute approximate surface area is 143 Å². The number of carbonyl (C=O) groups is 1. The highest BCUT2D eigenvalue weighted by Gasteiger charge is 2.13. The Morgan fingerprint density at radius 1 is 0.960 bits per heavy atom. The second kappa shape index (κ2) is 7.53. The van der Waals surface area contributed by atoms with E-state index in [1.807, 2.05) is 30.3 Å². The molecule has 0 aliphatic heterocycles. The van der Waals surface area contributed by atoms with Gasteiger partial charge in [-0.3, -0.25) is 9.78 Å². The Morgan fingerprint density at radius 2 is 1.68 bits per heavy atom. The standard InChI is InChI=1S/C19H14F2N2O2/c20-19(21)25-17-9-5-4-8-16(17)23-18(24)15-10-14(11-22-12-15)13-6-2-1-3-7-13/h1-12,19H,(H,23,24). The molecular weight excluding hydrogens is 326 g/mol. The minimum Gasteiger partial charge on any atom is -0.433 e. The zero-order valence-electron chi connectivity index (χ0n) is 13.0. The van der Waals surface area contributed by atoms with Crippen molar-refractivity contribution in [2.75, 3.05) is 5.32 Å². The van der Waals surface area contributed by atoms with Crippen LogP contribution in [-0.4, -0.2) is 17.5 Å². The third kappa shape index (κ3) is 4.17. The highest BCUT2D eigenvalue weighted by atomic mass is 19.3. The molecule has 0 unspecified atom stereocenters. The summed E-state index contributed by atoms with van der Waals surface area (Å²) < 4.78 is 29.3. The zero-order valence-corrected chi connectivity index (χ0v) is 13.0. The van der Waals surface area contributed by atoms with Crippen LogP contribution in [0.15, 0.2) is 73.1 Å². The molecule has 0 aliphatic rings. The van der Waals surface area contributed by atoms with Crippen molar-refractivity contribution >= 4 is 11.6 Å². The molecular formula is C19H14F2N2O2. The number of aromatic nitrogens is 1. The molecule has 4 nitrogen and oxygen atoms in total. The van der Waals surface area contributed by atoms with E-state index in [0.717, 1.165) is 11.1 Å². The van der Waals surface area contributed by atoms with Gasteiger partial charge in [-0.15, -0.1) is 0 Å². The molecule has 6 heteroatoms. The number of hydrogen-bond donors (Lipinski definition) is 1. The molecule has 1 heterocycles. The number of rotatable bonds is 5. The van der Waals surface area contributed by atoms with Crippen molar-refractivity contribution in [3.05, 3.63) is 78.6 Å². The molecule has 3 aromatic rings. The summed E-state index contributed by atoms with van der Waals surface area (Å²) in [5.74, 6) is -0.561. The van der Waals surface area contributed by atoms with Crippen LogP contribution in [0, 0.1) is 0 Å². The zero-order chi connectivity index (χ0) is 17.6. The molecule has 0 fully saturated rings. The van der Waals surface area contributed by atoms with Crippen molar-refractivity contribution in [2.45, 2.75) is 6.61 Å². The van der Waals surface area contributed by atoms with E-state index < -0.39 is 12.5 Å². The first-order valence-corrected chi connectivity index (χ1v) is 7.49. The van der Waals surface area contributed by atoms with Gasteiger partial charge >= 0.3 is 6.61 Å². The lowest BCUT2D eigenvalue weighted by Crippen LogP contribution is -2.14. The van der Waals surface area contributed by atoms with Crippen molar-refractivity contribution < 1.29 is 18.3 Å². The largest absolute Gasteiger partial charge is 0.433 e. The number of nitrogens with zero attached hydrogens (tertiary/aromatic N) is 1. The van der Waals surface area contributed by atoms with E-state index in [1.54, 1.807) is 24.4 Å². The number of pyridine rings is 1. The molecule has 0 aliphatic carbocycles. The molecule has 1 amide bonds. The van der Waals surface area contributed by atoms with Gasteiger partial charge in [-0.1, -0.05) is 42.5 Å². The molecule has 1 N–H and O–H groups in total. The van der Waals surface area contributed by atoms with Crippen molar-refractivity contribution in [3.63, 3.8) is 0 Å². The molecule has 0 saturated heterocycles. The van der Waals surface area contributed by atoms with Crippen molar-refractivity contribution in [1.82, 2.24) is 4.98 Å². The monoisotopic (exact) mass is 340 g/mol. The number of carbonyl (C=O) groups excluding carboxylic acids is 1. The Balaban J connectivity index is 1.83. The second-order valence-corrected chi connectivity index (χ2v) is 5.16. The van der Waals surface area contributed by atoms with Crippen LogP contribution >= 0.6 is 0 Å². The lowest BCUT2D eigenvalue weighted by Gasteiger charge is -2.12. The first kappa shape index (κ1) is 16.6. The van der Waals surface area contributed by atoms with Gasteiger partial charge in [-0.2, -0.15) is 8.78 Å². The number of benzene rings is 2. The lowest BCUT2D eigenvalue weighted by molar-refractivity contribution is -0.0493. The van der Waals surface area contributed by atoms with Gasteiger partial charge in [0.1, 0.15) is 5.75 Å². The van der Waals surface area contributed by atoms with Crippen molar-refractivity contribution in [3.8, 4) is 16.9 Å². The van der Waals surface area contributed by atoms with E-state index in [0.29, 0.717) is 5.56 Å². The fraction of sp³-hybridized carbons (Fsp3) is 0.0526. The lowest BCUT2D eigenvalue weighted by atomic mass is 10.1. The van der Waals surface area contributed by atoms with Gasteiger partial charge in [0.05, 0.1) is 11.3 Å². The summed E-state index contributed by atoms with van der Waals surface area (Å²) in [5.41, 5.74) is 2.18. The SMILES string of the molecule is O=C(Nc1ccccc1OC(F)F)c1cncc(-c2ccccc2)c1. The second-order valence-electron chi connectivity index (χ2n) is 5.16. The quantitative estimate of drug-likeness (QED) is 0.738. The van der Waals surface area contributed by atoms with Gasteiger partial charge in [-0.05, 0) is 23.8 Å². The summed E-state index contributed by atoms with van der Waals surface area (Å²) >= 11 is 0. The first-order valence-electron chi connectivity index (χ1n) is 7.49. The first-order chi connectivity index (χ1) is 12.1. The van der Waals surface area contributed by atoms with Crippen LogP contribution in [0.2, 0.25) is 0 Å². The van der Waals surface area contributed by atoms with Gasteiger partial charge in [0.25, 0.3) is 5.91 Å². The maximum absolute atomic E-state index is 12.5. The van der Waals surface area contributed by atoms with E-state index in [2.05, 4.69) is 15.0 Å². The Kier molecular flexibility index (Phi) is 4.99. The van der Waals surface area contributed by atoms with Crippen molar-refractivity contribution in [2.24, 2.45) is 0 Å². The molecule has 3 rings (SSSR count). The topological polar surface area (TPSA) is 51.2 Å². The Bertz CT molecular complexity index is 870. The van der Waals surface area contributed by atoms with Crippen LogP contribution in [0.25, 0.3) is 11.1 Å². The molecule has 0 bridgehead atoms. The molecule has 0 atom stereocenters. The van der Waals surface area contributed by atoms with Gasteiger partial charge in [-0.25, -0.2) is 0 Å². The fourth-order valence-electron chi connectivity index (χ4n) is 2.32. The van der Waals surface area contributed by atoms with E-state index in [4.69, 9.17) is 0 Å². The Hall–Kier alpha value is -3.28. The number of halogens is 2. The maximum Gasteiger partial charge on any atom is 0.387 e. The molecule has 0 radical (unpaired) electrons. The van der Waals surface area contributed by atoms with Gasteiger partial charge < -0.3 is 10.1 Å². The van der Waals surface area contributed by atoms with Crippen LogP contribution < -0.4 is 10.1 Å². The van der Waals surface area contributed by atoms with Gasteiger partial charge in [0, 0.05) is 18.0 Å². The highest BCUT2D eigenvalue weighted by molar-refractivity contribution is 6.05. The molecule has 0 spiro atoms. The van der Waals surface area contributed by atoms with E-state index in [9.17, 15) is 13.6 Å². The van der Waals surface area contributed by atoms with Gasteiger partial charge in [0.2, 0.25) is 0 Å². The van der Waals surface area contributed by atoms with Crippen LogP contribution in [0.5, 0.6) is 5.75 Å². The van der Waals surface area contributed by atoms with Gasteiger partial charge in [0.15, 0.2) is 0 Å². The minimum absolute atomic E-state index is 0.0991. The van der Waals surface area contributed by atoms with E-state index in [1.165, 1.54) is 18.3 Å². The summed E-state index contributed by atoms with van der Waals surface area (Å²) in [6, 6.07) is 17.2. The number of anilines is 1. The predicted octanol–water partition coefficient (Wildman–Crippen LogP) is 4.60. The predicted molar refractivity (Wildman–Crippen MR) is 90.7 cm³/mol. The number of ether oxygens (including phenoxy) is 1. The maximum atomic E-state index is 12.5. The van der Waals surface area contributed by atoms with E-state index in [-0.39, 0.29) is 11.4 Å². The average Bonchev–Trinajstić information content (AvgIpc) is 2.64. The summed E-state index contributed by atoms with van der Waals surface area (Å²) in [4.78, 5) is 16.5. The van der Waals surface area contributed by atoms with Crippen LogP contribution in [0.4, 0.5) is 14.5 Å². The fourth-order valence-corrected chi connectivity index (χ4v) is 2.32. The summed E-state index contributed by atoms with van der Waals surface area (Å²) in [6.45, 7) is -2.97. The normalized spacial score (nSPS) is 10.5. The number of para-hydroxylation sites is 2. The molecule has 2 aromatic carbocycles. The third-order valence-electron chi connectivity index (χ3n) is 3.46. The molecule has 1 aromatic heterocycles. The number of amides is 1. The molecule has 126 valence electrons. The van der Waals surface area contributed by atoms with E-state index >= 15 is 0 Å². The minimum atomic E-state index is -2.97. The summed E-state index contributed by atoms with van der Waals surface area (Å²) in [5, 5.41) is 2.57. The van der Waals surface area contributed by atoms with Crippen LogP contribution in [-0.2, 0) is 0 Å². The summed E-state index contributed by atoms with van der Waals surface area (Å²) in [6.07, 6.45) is 3.07. The molecule has 25 heavy (non-hydrogen) atoms. The van der Waals surface area contributed by atoms with Crippen molar-refractivity contribution in [1.29, 1.82) is 0 Å². The number of nitrogens with one attached hydrogen (secondary N) is 1. The number of hydrogen-bond acceptors (Lipinski definition) is 3. The van der Waals surface area contributed by atoms with Crippen LogP contribution in [0.3, 0.4) is 0 Å². The van der Waals surface area contributed by atoms with Crippen LogP contribution in [0.1, 0.15) is 10.4 Å². The highest BCUT2D eigenvalue weighted by Crippen LogP contribution is 2.26. The smallest absolute Gasteiger partial charge is 0.387 e. The third-order valence-corrected chi connectivity index (χ3v) is 3.46. The summed E-state index contributed by atoms with van der Waals surface area (Å²) in [7, 11) is 0. The number of alkyl halides is 2. The Morgan fingerprint density at radius 3 is 2.44 bits per heavy atom.